The van der Waals surface area contributed by atoms with Crippen molar-refractivity contribution in [1.29, 1.82) is 0 Å². The van der Waals surface area contributed by atoms with E-state index in [0.717, 1.165) is 10.5 Å². The van der Waals surface area contributed by atoms with Crippen LogP contribution in [0.2, 0.25) is 0 Å². The van der Waals surface area contributed by atoms with Crippen LogP contribution < -0.4 is 5.32 Å². The molecule has 0 saturated heterocycles. The van der Waals surface area contributed by atoms with E-state index < -0.39 is 17.7 Å². The highest BCUT2D eigenvalue weighted by molar-refractivity contribution is 7.15. The Labute approximate surface area is 206 Å². The van der Waals surface area contributed by atoms with Gasteiger partial charge in [-0.1, -0.05) is 6.07 Å². The first-order valence-corrected chi connectivity index (χ1v) is 11.7. The Hall–Kier alpha value is -4.77. The summed E-state index contributed by atoms with van der Waals surface area (Å²) in [6.07, 6.45) is 1.59. The summed E-state index contributed by atoms with van der Waals surface area (Å²) in [6, 6.07) is 15.6. The van der Waals surface area contributed by atoms with Gasteiger partial charge in [0, 0.05) is 22.7 Å². The Bertz CT molecular complexity index is 1660. The summed E-state index contributed by atoms with van der Waals surface area (Å²) in [5.41, 5.74) is 2.61. The number of nitrogens with zero attached hydrogens (tertiary/aromatic N) is 5. The van der Waals surface area contributed by atoms with Crippen LogP contribution in [-0.2, 0) is 6.54 Å². The molecule has 4 heterocycles. The van der Waals surface area contributed by atoms with E-state index >= 15 is 0 Å². The normalized spacial score (nSPS) is 12.9. The Balaban J connectivity index is 1.23. The van der Waals surface area contributed by atoms with Crippen molar-refractivity contribution in [3.8, 4) is 11.3 Å². The number of hydrogen-bond donors (Lipinski definition) is 1. The summed E-state index contributed by atoms with van der Waals surface area (Å²) in [5, 5.41) is 8.83. The smallest absolute Gasteiger partial charge is 0.261 e. The largest absolute Gasteiger partial charge is 0.289 e. The van der Waals surface area contributed by atoms with Gasteiger partial charge >= 0.3 is 0 Å². The highest BCUT2D eigenvalue weighted by Gasteiger charge is 2.36. The van der Waals surface area contributed by atoms with E-state index in [1.165, 1.54) is 41.7 Å². The number of nitrogens with one attached hydrogen (secondary N) is 1. The van der Waals surface area contributed by atoms with Crippen molar-refractivity contribution in [2.75, 3.05) is 5.32 Å². The molecule has 0 saturated carbocycles. The number of pyridine rings is 1. The molecule has 0 bridgehead atoms. The van der Waals surface area contributed by atoms with Gasteiger partial charge in [-0.2, -0.15) is 4.98 Å². The molecule has 3 amide bonds. The lowest BCUT2D eigenvalue weighted by atomic mass is 10.1. The van der Waals surface area contributed by atoms with Crippen LogP contribution in [0.25, 0.3) is 16.2 Å². The molecular weight excluding hydrogens is 483 g/mol. The molecule has 5 aromatic rings. The topological polar surface area (TPSA) is 110 Å². The van der Waals surface area contributed by atoms with Gasteiger partial charge in [-0.3, -0.25) is 29.6 Å². The third kappa shape index (κ3) is 3.71. The Morgan fingerprint density at radius 3 is 2.58 bits per heavy atom. The van der Waals surface area contributed by atoms with Crippen molar-refractivity contribution < 1.29 is 18.8 Å². The van der Waals surface area contributed by atoms with Crippen LogP contribution in [0, 0.1) is 5.82 Å². The Morgan fingerprint density at radius 1 is 1.00 bits per heavy atom. The number of anilines is 1. The van der Waals surface area contributed by atoms with E-state index in [1.807, 2.05) is 5.38 Å². The van der Waals surface area contributed by atoms with E-state index in [9.17, 15) is 18.8 Å². The number of imide groups is 1. The van der Waals surface area contributed by atoms with Crippen LogP contribution in [0.15, 0.2) is 72.2 Å². The van der Waals surface area contributed by atoms with Crippen LogP contribution >= 0.6 is 11.3 Å². The molecule has 0 spiro atoms. The van der Waals surface area contributed by atoms with Gasteiger partial charge < -0.3 is 0 Å². The molecule has 3 aromatic heterocycles. The molecular formula is C25H15FN6O3S. The number of rotatable bonds is 5. The standard InChI is InChI=1S/C25H15FN6O3S/c26-16-7-4-14(5-8-16)20-13-36-25-29-24(30-32(20)25)28-21(33)15-6-9-18-19(11-15)23(35)31(22(18)34)12-17-3-1-2-10-27-17/h1-11,13H,12H2,(H,28,30,33). The molecule has 0 unspecified atom stereocenters. The zero-order valence-corrected chi connectivity index (χ0v) is 19.2. The second kappa shape index (κ2) is 8.47. The maximum Gasteiger partial charge on any atom is 0.261 e. The molecule has 0 aliphatic carbocycles. The van der Waals surface area contributed by atoms with Crippen molar-refractivity contribution in [2.45, 2.75) is 6.54 Å². The predicted molar refractivity (Wildman–Crippen MR) is 129 cm³/mol. The first-order valence-electron chi connectivity index (χ1n) is 10.8. The number of thiazole rings is 1. The summed E-state index contributed by atoms with van der Waals surface area (Å²) in [5.74, 6) is -1.71. The number of fused-ring (bicyclic) bond motifs is 2. The number of amides is 3. The summed E-state index contributed by atoms with van der Waals surface area (Å²) in [4.78, 5) is 48.7. The molecule has 0 atom stereocenters. The van der Waals surface area contributed by atoms with Crippen molar-refractivity contribution in [3.05, 3.63) is 100 Å². The van der Waals surface area contributed by atoms with Crippen LogP contribution in [0.4, 0.5) is 10.3 Å². The highest BCUT2D eigenvalue weighted by atomic mass is 32.1. The van der Waals surface area contributed by atoms with Crippen molar-refractivity contribution >= 4 is 40.0 Å². The first kappa shape index (κ1) is 21.7. The Morgan fingerprint density at radius 2 is 1.81 bits per heavy atom. The minimum Gasteiger partial charge on any atom is -0.289 e. The van der Waals surface area contributed by atoms with Gasteiger partial charge in [0.25, 0.3) is 23.7 Å². The molecule has 0 fully saturated rings. The molecule has 1 aliphatic heterocycles. The van der Waals surface area contributed by atoms with E-state index in [4.69, 9.17) is 0 Å². The van der Waals surface area contributed by atoms with E-state index in [2.05, 4.69) is 20.4 Å². The minimum atomic E-state index is -0.525. The first-order chi connectivity index (χ1) is 17.5. The summed E-state index contributed by atoms with van der Waals surface area (Å²) >= 11 is 1.33. The molecule has 2 aromatic carbocycles. The highest BCUT2D eigenvalue weighted by Crippen LogP contribution is 2.27. The van der Waals surface area contributed by atoms with Gasteiger partial charge in [-0.15, -0.1) is 16.4 Å². The maximum absolute atomic E-state index is 13.3. The average molecular weight is 498 g/mol. The number of halogens is 1. The number of carbonyl (C=O) groups excluding carboxylic acids is 3. The van der Waals surface area contributed by atoms with E-state index in [0.29, 0.717) is 16.3 Å². The third-order valence-corrected chi connectivity index (χ3v) is 6.54. The van der Waals surface area contributed by atoms with E-state index in [-0.39, 0.29) is 35.0 Å². The second-order valence-electron chi connectivity index (χ2n) is 7.99. The fourth-order valence-electron chi connectivity index (χ4n) is 3.96. The molecule has 6 rings (SSSR count). The zero-order valence-electron chi connectivity index (χ0n) is 18.4. The molecule has 11 heteroatoms. The van der Waals surface area contributed by atoms with Gasteiger partial charge in [0.1, 0.15) is 5.82 Å². The fraction of sp³-hybridized carbons (Fsp3) is 0.0400. The van der Waals surface area contributed by atoms with Crippen LogP contribution in [-0.4, -0.2) is 42.2 Å². The second-order valence-corrected chi connectivity index (χ2v) is 8.83. The third-order valence-electron chi connectivity index (χ3n) is 5.73. The number of aromatic nitrogens is 4. The zero-order chi connectivity index (χ0) is 24.8. The lowest BCUT2D eigenvalue weighted by molar-refractivity contribution is 0.0640. The van der Waals surface area contributed by atoms with Gasteiger partial charge in [0.05, 0.1) is 29.1 Å². The molecule has 1 aliphatic rings. The number of benzene rings is 2. The summed E-state index contributed by atoms with van der Waals surface area (Å²) < 4.78 is 14.8. The molecule has 36 heavy (non-hydrogen) atoms. The van der Waals surface area contributed by atoms with Crippen molar-refractivity contribution in [1.82, 2.24) is 24.5 Å². The minimum absolute atomic E-state index is 0.0421. The summed E-state index contributed by atoms with van der Waals surface area (Å²) in [7, 11) is 0. The van der Waals surface area contributed by atoms with Gasteiger partial charge in [-0.05, 0) is 54.6 Å². The monoisotopic (exact) mass is 498 g/mol. The Kier molecular flexibility index (Phi) is 5.11. The molecule has 176 valence electrons. The van der Waals surface area contributed by atoms with Crippen molar-refractivity contribution in [3.63, 3.8) is 0 Å². The van der Waals surface area contributed by atoms with Gasteiger partial charge in [-0.25, -0.2) is 8.91 Å². The van der Waals surface area contributed by atoms with Gasteiger partial charge in [0.15, 0.2) is 0 Å². The average Bonchev–Trinajstić information content (AvgIpc) is 3.53. The molecule has 1 N–H and O–H groups in total. The lowest BCUT2D eigenvalue weighted by Crippen LogP contribution is -2.29. The molecule has 0 radical (unpaired) electrons. The van der Waals surface area contributed by atoms with Crippen LogP contribution in [0.5, 0.6) is 0 Å². The molecule has 9 nitrogen and oxygen atoms in total. The lowest BCUT2D eigenvalue weighted by Gasteiger charge is -2.12. The summed E-state index contributed by atoms with van der Waals surface area (Å²) in [6.45, 7) is 0.0421. The van der Waals surface area contributed by atoms with Crippen LogP contribution in [0.1, 0.15) is 36.8 Å². The van der Waals surface area contributed by atoms with Crippen LogP contribution in [0.3, 0.4) is 0 Å². The maximum atomic E-state index is 13.3. The fourth-order valence-corrected chi connectivity index (χ4v) is 4.79. The quantitative estimate of drug-likeness (QED) is 0.366. The van der Waals surface area contributed by atoms with E-state index in [1.54, 1.807) is 41.0 Å². The van der Waals surface area contributed by atoms with Crippen molar-refractivity contribution in [2.24, 2.45) is 0 Å². The number of carbonyl (C=O) groups is 3. The SMILES string of the molecule is O=C(Nc1nc2scc(-c3ccc(F)cc3)n2n1)c1ccc2c(c1)C(=O)N(Cc1ccccn1)C2=O. The predicted octanol–water partition coefficient (Wildman–Crippen LogP) is 4.04. The number of hydrogen-bond acceptors (Lipinski definition) is 7. The van der Waals surface area contributed by atoms with Gasteiger partial charge in [0.2, 0.25) is 4.96 Å².